The Morgan fingerprint density at radius 1 is 1.44 bits per heavy atom. The second kappa shape index (κ2) is 5.13. The molecular weight excluding hydrogens is 331 g/mol. The molecule has 2 aromatic rings. The van der Waals surface area contributed by atoms with Gasteiger partial charge in [-0.15, -0.1) is 11.3 Å². The van der Waals surface area contributed by atoms with E-state index >= 15 is 0 Å². The fraction of sp³-hybridized carbons (Fsp3) is 0.273. The van der Waals surface area contributed by atoms with Crippen LogP contribution in [0.5, 0.6) is 0 Å². The predicted molar refractivity (Wildman–Crippen MR) is 73.2 cm³/mol. The van der Waals surface area contributed by atoms with Gasteiger partial charge in [-0.2, -0.15) is 0 Å². The number of thiophene rings is 1. The molecule has 1 atom stereocenters. The molecule has 0 radical (unpaired) electrons. The SMILES string of the molecule is CCc1occc1C(Br)c1cc(Cl)sc1Cl. The summed E-state index contributed by atoms with van der Waals surface area (Å²) in [4.78, 5) is 0.0393. The molecular formula is C11H9BrCl2OS. The number of halogens is 3. The van der Waals surface area contributed by atoms with Crippen LogP contribution in [0.3, 0.4) is 0 Å². The van der Waals surface area contributed by atoms with Gasteiger partial charge in [-0.25, -0.2) is 0 Å². The Bertz CT molecular complexity index is 492. The molecule has 0 saturated carbocycles. The van der Waals surface area contributed by atoms with E-state index < -0.39 is 0 Å². The van der Waals surface area contributed by atoms with E-state index in [1.54, 1.807) is 6.26 Å². The number of hydrogen-bond acceptors (Lipinski definition) is 2. The summed E-state index contributed by atoms with van der Waals surface area (Å²) in [6, 6.07) is 3.85. The molecule has 2 rings (SSSR count). The average molecular weight is 340 g/mol. The minimum absolute atomic E-state index is 0.0393. The minimum atomic E-state index is 0.0393. The molecule has 0 aromatic carbocycles. The topological polar surface area (TPSA) is 13.1 Å². The van der Waals surface area contributed by atoms with Crippen LogP contribution in [0.4, 0.5) is 0 Å². The van der Waals surface area contributed by atoms with Crippen LogP contribution in [-0.2, 0) is 6.42 Å². The molecule has 0 amide bonds. The van der Waals surface area contributed by atoms with Crippen molar-refractivity contribution in [3.8, 4) is 0 Å². The first-order valence-corrected chi connectivity index (χ1v) is 7.27. The van der Waals surface area contributed by atoms with E-state index in [4.69, 9.17) is 27.6 Å². The van der Waals surface area contributed by atoms with E-state index in [1.807, 2.05) is 12.1 Å². The van der Waals surface area contributed by atoms with E-state index in [0.717, 1.165) is 27.6 Å². The fourth-order valence-electron chi connectivity index (χ4n) is 1.56. The summed E-state index contributed by atoms with van der Waals surface area (Å²) in [6.45, 7) is 2.06. The van der Waals surface area contributed by atoms with Crippen LogP contribution in [0.15, 0.2) is 22.8 Å². The smallest absolute Gasteiger partial charge is 0.108 e. The number of hydrogen-bond donors (Lipinski definition) is 0. The van der Waals surface area contributed by atoms with Crippen molar-refractivity contribution in [3.63, 3.8) is 0 Å². The van der Waals surface area contributed by atoms with Gasteiger partial charge in [-0.3, -0.25) is 0 Å². The lowest BCUT2D eigenvalue weighted by Gasteiger charge is -2.08. The van der Waals surface area contributed by atoms with E-state index in [1.165, 1.54) is 11.3 Å². The second-order valence-corrected chi connectivity index (χ2v) is 6.50. The number of alkyl halides is 1. The lowest BCUT2D eigenvalue weighted by atomic mass is 10.1. The second-order valence-electron chi connectivity index (χ2n) is 3.29. The Balaban J connectivity index is 2.38. The number of furan rings is 1. The van der Waals surface area contributed by atoms with Crippen LogP contribution < -0.4 is 0 Å². The molecule has 0 spiro atoms. The molecule has 2 aromatic heterocycles. The third-order valence-corrected chi connectivity index (χ3v) is 4.83. The summed E-state index contributed by atoms with van der Waals surface area (Å²) in [5, 5.41) is 0. The molecule has 1 nitrogen and oxygen atoms in total. The predicted octanol–water partition coefficient (Wildman–Crippen LogP) is 5.69. The summed E-state index contributed by atoms with van der Waals surface area (Å²) < 4.78 is 6.82. The van der Waals surface area contributed by atoms with Gasteiger partial charge < -0.3 is 4.42 Å². The van der Waals surface area contributed by atoms with Gasteiger partial charge in [-0.1, -0.05) is 46.1 Å². The Hall–Kier alpha value is 0.0400. The van der Waals surface area contributed by atoms with E-state index in [2.05, 4.69) is 22.9 Å². The quantitative estimate of drug-likeness (QED) is 0.654. The third-order valence-electron chi connectivity index (χ3n) is 2.33. The summed E-state index contributed by atoms with van der Waals surface area (Å²) in [5.74, 6) is 0.972. The van der Waals surface area contributed by atoms with Crippen molar-refractivity contribution in [2.75, 3.05) is 0 Å². The summed E-state index contributed by atoms with van der Waals surface area (Å²) in [7, 11) is 0. The van der Waals surface area contributed by atoms with Gasteiger partial charge in [0, 0.05) is 17.5 Å². The first-order valence-electron chi connectivity index (χ1n) is 4.78. The first-order chi connectivity index (χ1) is 7.63. The van der Waals surface area contributed by atoms with Crippen LogP contribution in [-0.4, -0.2) is 0 Å². The lowest BCUT2D eigenvalue weighted by Crippen LogP contribution is -1.93. The maximum Gasteiger partial charge on any atom is 0.108 e. The Morgan fingerprint density at radius 3 is 2.75 bits per heavy atom. The zero-order chi connectivity index (χ0) is 11.7. The molecule has 86 valence electrons. The van der Waals surface area contributed by atoms with E-state index in [9.17, 15) is 0 Å². The zero-order valence-electron chi connectivity index (χ0n) is 8.47. The van der Waals surface area contributed by atoms with Gasteiger partial charge in [0.25, 0.3) is 0 Å². The van der Waals surface area contributed by atoms with Gasteiger partial charge in [0.1, 0.15) is 5.76 Å². The van der Waals surface area contributed by atoms with Crippen molar-refractivity contribution in [2.24, 2.45) is 0 Å². The maximum atomic E-state index is 6.13. The van der Waals surface area contributed by atoms with Crippen LogP contribution >= 0.6 is 50.5 Å². The first kappa shape index (κ1) is 12.5. The molecule has 0 aliphatic rings. The van der Waals surface area contributed by atoms with Gasteiger partial charge >= 0.3 is 0 Å². The summed E-state index contributed by atoms with van der Waals surface area (Å²) in [5.41, 5.74) is 2.10. The van der Waals surface area contributed by atoms with Crippen LogP contribution in [0.25, 0.3) is 0 Å². The highest BCUT2D eigenvalue weighted by molar-refractivity contribution is 9.09. The largest absolute Gasteiger partial charge is 0.469 e. The molecule has 1 unspecified atom stereocenters. The average Bonchev–Trinajstić information content (AvgIpc) is 2.83. The molecule has 5 heteroatoms. The van der Waals surface area contributed by atoms with E-state index in [0.29, 0.717) is 4.34 Å². The van der Waals surface area contributed by atoms with E-state index in [-0.39, 0.29) is 4.83 Å². The molecule has 0 fully saturated rings. The lowest BCUT2D eigenvalue weighted by molar-refractivity contribution is 0.512. The van der Waals surface area contributed by atoms with Crippen LogP contribution in [0.2, 0.25) is 8.67 Å². The van der Waals surface area contributed by atoms with Crippen molar-refractivity contribution in [1.29, 1.82) is 0 Å². The third kappa shape index (κ3) is 2.33. The van der Waals surface area contributed by atoms with Gasteiger partial charge in [0.15, 0.2) is 0 Å². The summed E-state index contributed by atoms with van der Waals surface area (Å²) >= 11 is 17.1. The van der Waals surface area contributed by atoms with Gasteiger partial charge in [0.2, 0.25) is 0 Å². The maximum absolute atomic E-state index is 6.13. The molecule has 0 N–H and O–H groups in total. The van der Waals surface area contributed by atoms with Gasteiger partial charge in [0.05, 0.1) is 19.8 Å². The summed E-state index contributed by atoms with van der Waals surface area (Å²) in [6.07, 6.45) is 2.56. The molecule has 0 aliphatic heterocycles. The monoisotopic (exact) mass is 338 g/mol. The number of rotatable bonds is 3. The van der Waals surface area contributed by atoms with Crippen molar-refractivity contribution in [2.45, 2.75) is 18.2 Å². The molecule has 16 heavy (non-hydrogen) atoms. The van der Waals surface area contributed by atoms with Gasteiger partial charge in [-0.05, 0) is 12.1 Å². The van der Waals surface area contributed by atoms with Crippen LogP contribution in [0.1, 0.15) is 28.6 Å². The zero-order valence-corrected chi connectivity index (χ0v) is 12.4. The Labute approximate surface area is 116 Å². The highest BCUT2D eigenvalue weighted by atomic mass is 79.9. The molecule has 2 heterocycles. The van der Waals surface area contributed by atoms with Crippen molar-refractivity contribution in [3.05, 3.63) is 44.0 Å². The Kier molecular flexibility index (Phi) is 4.01. The molecule has 0 bridgehead atoms. The normalized spacial score (nSPS) is 13.0. The van der Waals surface area contributed by atoms with Crippen molar-refractivity contribution in [1.82, 2.24) is 0 Å². The van der Waals surface area contributed by atoms with Crippen LogP contribution in [0, 0.1) is 0 Å². The van der Waals surface area contributed by atoms with Crippen molar-refractivity contribution >= 4 is 50.5 Å². The highest BCUT2D eigenvalue weighted by Gasteiger charge is 2.20. The van der Waals surface area contributed by atoms with Crippen molar-refractivity contribution < 1.29 is 4.42 Å². The highest BCUT2D eigenvalue weighted by Crippen LogP contribution is 2.42. The molecule has 0 aliphatic carbocycles. The fourth-order valence-corrected chi connectivity index (χ4v) is 4.14. The Morgan fingerprint density at radius 2 is 2.19 bits per heavy atom. The standard InChI is InChI=1S/C11H9BrCl2OS/c1-2-8-6(3-4-15-8)10(12)7-5-9(13)16-11(7)14/h3-5,10H,2H2,1H3. The number of aryl methyl sites for hydroxylation is 1. The molecule has 0 saturated heterocycles. The minimum Gasteiger partial charge on any atom is -0.469 e.